The molecule has 112 valence electrons. The third-order valence-electron chi connectivity index (χ3n) is 3.54. The average molecular weight is 342 g/mol. The monoisotopic (exact) mass is 341 g/mol. The van der Waals surface area contributed by atoms with Crippen LogP contribution in [0.2, 0.25) is 10.0 Å². The summed E-state index contributed by atoms with van der Waals surface area (Å²) in [6, 6.07) is 5.61. The van der Waals surface area contributed by atoms with Gasteiger partial charge in [-0.3, -0.25) is 0 Å². The topological polar surface area (TPSA) is 30.7 Å². The molecular formula is C15H17Cl2N3S. The molecule has 6 heteroatoms. The Hall–Kier alpha value is -0.710. The number of hydrogen-bond donors (Lipinski definition) is 0. The Kier molecular flexibility index (Phi) is 4.77. The molecule has 1 fully saturated rings. The minimum Gasteiger partial charge on any atom is -0.306 e. The van der Waals surface area contributed by atoms with Crippen molar-refractivity contribution in [2.45, 2.75) is 49.6 Å². The zero-order chi connectivity index (χ0) is 14.8. The van der Waals surface area contributed by atoms with Crippen LogP contribution in [0.25, 0.3) is 0 Å². The van der Waals surface area contributed by atoms with Crippen LogP contribution in [0.1, 0.15) is 43.5 Å². The predicted octanol–water partition coefficient (Wildman–Crippen LogP) is 5.16. The van der Waals surface area contributed by atoms with Gasteiger partial charge in [0, 0.05) is 28.3 Å². The molecule has 0 amide bonds. The maximum atomic E-state index is 6.22. The standard InChI is InChI=1S/C15H17Cl2N3S/c1-2-8-20-14(10-6-7-10)18-19-15(20)21-9-11-12(16)4-3-5-13(11)17/h3-5,10H,2,6-9H2,1H3. The van der Waals surface area contributed by atoms with E-state index >= 15 is 0 Å². The van der Waals surface area contributed by atoms with E-state index in [9.17, 15) is 0 Å². The molecule has 1 aromatic carbocycles. The van der Waals surface area contributed by atoms with Crippen molar-refractivity contribution < 1.29 is 0 Å². The second kappa shape index (κ2) is 6.59. The smallest absolute Gasteiger partial charge is 0.191 e. The largest absolute Gasteiger partial charge is 0.306 e. The highest BCUT2D eigenvalue weighted by Crippen LogP contribution is 2.40. The average Bonchev–Trinajstić information content (AvgIpc) is 3.22. The fraction of sp³-hybridized carbons (Fsp3) is 0.467. The Balaban J connectivity index is 1.78. The van der Waals surface area contributed by atoms with E-state index in [0.717, 1.165) is 29.5 Å². The molecule has 0 saturated heterocycles. The lowest BCUT2D eigenvalue weighted by Gasteiger charge is -2.09. The van der Waals surface area contributed by atoms with Crippen molar-refractivity contribution in [2.24, 2.45) is 0 Å². The Morgan fingerprint density at radius 1 is 1.24 bits per heavy atom. The molecule has 3 nitrogen and oxygen atoms in total. The highest BCUT2D eigenvalue weighted by molar-refractivity contribution is 7.98. The van der Waals surface area contributed by atoms with Crippen molar-refractivity contribution in [1.29, 1.82) is 0 Å². The molecule has 0 aliphatic heterocycles. The summed E-state index contributed by atoms with van der Waals surface area (Å²) >= 11 is 14.1. The van der Waals surface area contributed by atoms with Gasteiger partial charge in [-0.2, -0.15) is 0 Å². The minimum atomic E-state index is 0.613. The molecule has 1 aliphatic rings. The maximum Gasteiger partial charge on any atom is 0.191 e. The molecule has 0 unspecified atom stereocenters. The Morgan fingerprint density at radius 2 is 1.95 bits per heavy atom. The van der Waals surface area contributed by atoms with Crippen LogP contribution in [0.5, 0.6) is 0 Å². The van der Waals surface area contributed by atoms with Gasteiger partial charge in [-0.05, 0) is 37.0 Å². The van der Waals surface area contributed by atoms with E-state index in [1.807, 2.05) is 18.2 Å². The zero-order valence-electron chi connectivity index (χ0n) is 11.9. The first-order valence-electron chi connectivity index (χ1n) is 7.19. The van der Waals surface area contributed by atoms with Gasteiger partial charge in [0.25, 0.3) is 0 Å². The van der Waals surface area contributed by atoms with E-state index in [0.29, 0.717) is 21.7 Å². The molecule has 1 saturated carbocycles. The quantitative estimate of drug-likeness (QED) is 0.679. The normalized spacial score (nSPS) is 14.6. The van der Waals surface area contributed by atoms with Gasteiger partial charge in [0.1, 0.15) is 5.82 Å². The SMILES string of the molecule is CCCn1c(SCc2c(Cl)cccc2Cl)nnc1C1CC1. The van der Waals surface area contributed by atoms with Crippen LogP contribution in [0, 0.1) is 0 Å². The second-order valence-electron chi connectivity index (χ2n) is 5.26. The first kappa shape index (κ1) is 15.2. The first-order chi connectivity index (χ1) is 10.2. The van der Waals surface area contributed by atoms with Gasteiger partial charge in [-0.25, -0.2) is 0 Å². The number of nitrogens with zero attached hydrogens (tertiary/aromatic N) is 3. The van der Waals surface area contributed by atoms with E-state index in [4.69, 9.17) is 23.2 Å². The van der Waals surface area contributed by atoms with Crippen LogP contribution >= 0.6 is 35.0 Å². The second-order valence-corrected chi connectivity index (χ2v) is 7.01. The molecule has 1 aliphatic carbocycles. The van der Waals surface area contributed by atoms with Crippen LogP contribution < -0.4 is 0 Å². The molecule has 0 N–H and O–H groups in total. The molecule has 0 bridgehead atoms. The summed E-state index contributed by atoms with van der Waals surface area (Å²) in [5, 5.41) is 11.1. The number of hydrogen-bond acceptors (Lipinski definition) is 3. The third kappa shape index (κ3) is 3.38. The number of benzene rings is 1. The van der Waals surface area contributed by atoms with Crippen LogP contribution in [-0.2, 0) is 12.3 Å². The van der Waals surface area contributed by atoms with E-state index in [2.05, 4.69) is 21.7 Å². The molecule has 1 aromatic heterocycles. The van der Waals surface area contributed by atoms with Crippen LogP contribution in [0.15, 0.2) is 23.4 Å². The first-order valence-corrected chi connectivity index (χ1v) is 8.93. The van der Waals surface area contributed by atoms with E-state index in [1.54, 1.807) is 11.8 Å². The summed E-state index contributed by atoms with van der Waals surface area (Å²) in [5.41, 5.74) is 0.963. The summed E-state index contributed by atoms with van der Waals surface area (Å²) in [5.74, 6) is 2.47. The number of thioether (sulfide) groups is 1. The predicted molar refractivity (Wildman–Crippen MR) is 88.3 cm³/mol. The van der Waals surface area contributed by atoms with Crippen molar-refractivity contribution >= 4 is 35.0 Å². The van der Waals surface area contributed by atoms with Crippen molar-refractivity contribution in [3.63, 3.8) is 0 Å². The molecule has 1 heterocycles. The maximum absolute atomic E-state index is 6.22. The van der Waals surface area contributed by atoms with Gasteiger partial charge in [0.05, 0.1) is 0 Å². The summed E-state index contributed by atoms with van der Waals surface area (Å²) in [6.45, 7) is 3.15. The third-order valence-corrected chi connectivity index (χ3v) is 5.24. The Morgan fingerprint density at radius 3 is 2.57 bits per heavy atom. The highest BCUT2D eigenvalue weighted by Gasteiger charge is 2.30. The summed E-state index contributed by atoms with van der Waals surface area (Å²) in [6.07, 6.45) is 3.56. The lowest BCUT2D eigenvalue weighted by Crippen LogP contribution is -2.04. The van der Waals surface area contributed by atoms with Crippen LogP contribution in [-0.4, -0.2) is 14.8 Å². The van der Waals surface area contributed by atoms with Gasteiger partial charge in [-0.1, -0.05) is 48.0 Å². The van der Waals surface area contributed by atoms with Gasteiger partial charge in [0.2, 0.25) is 0 Å². The van der Waals surface area contributed by atoms with E-state index in [1.165, 1.54) is 12.8 Å². The molecule has 3 rings (SSSR count). The van der Waals surface area contributed by atoms with E-state index < -0.39 is 0 Å². The zero-order valence-corrected chi connectivity index (χ0v) is 14.2. The minimum absolute atomic E-state index is 0.613. The van der Waals surface area contributed by atoms with E-state index in [-0.39, 0.29) is 0 Å². The van der Waals surface area contributed by atoms with Crippen LogP contribution in [0.3, 0.4) is 0 Å². The molecule has 2 aromatic rings. The van der Waals surface area contributed by atoms with Gasteiger partial charge in [-0.15, -0.1) is 10.2 Å². The summed E-state index contributed by atoms with van der Waals surface area (Å²) in [4.78, 5) is 0. The fourth-order valence-corrected chi connectivity index (χ4v) is 4.00. The number of rotatable bonds is 6. The van der Waals surface area contributed by atoms with Gasteiger partial charge in [0.15, 0.2) is 5.16 Å². The van der Waals surface area contributed by atoms with Gasteiger partial charge >= 0.3 is 0 Å². The number of halogens is 2. The molecular weight excluding hydrogens is 325 g/mol. The van der Waals surface area contributed by atoms with Crippen molar-refractivity contribution in [3.05, 3.63) is 39.6 Å². The lowest BCUT2D eigenvalue weighted by atomic mass is 10.2. The van der Waals surface area contributed by atoms with Crippen molar-refractivity contribution in [3.8, 4) is 0 Å². The molecule has 0 spiro atoms. The Labute approximate surface area is 139 Å². The highest BCUT2D eigenvalue weighted by atomic mass is 35.5. The van der Waals surface area contributed by atoms with Crippen molar-refractivity contribution in [1.82, 2.24) is 14.8 Å². The molecule has 21 heavy (non-hydrogen) atoms. The molecule has 0 atom stereocenters. The Bertz CT molecular complexity index is 618. The number of aromatic nitrogens is 3. The van der Waals surface area contributed by atoms with Crippen LogP contribution in [0.4, 0.5) is 0 Å². The molecule has 0 radical (unpaired) electrons. The lowest BCUT2D eigenvalue weighted by molar-refractivity contribution is 0.592. The summed E-state index contributed by atoms with van der Waals surface area (Å²) in [7, 11) is 0. The van der Waals surface area contributed by atoms with Gasteiger partial charge < -0.3 is 4.57 Å². The van der Waals surface area contributed by atoms with Crippen molar-refractivity contribution in [2.75, 3.05) is 0 Å². The summed E-state index contributed by atoms with van der Waals surface area (Å²) < 4.78 is 2.26. The fourth-order valence-electron chi connectivity index (χ4n) is 2.29.